The zero-order valence-electron chi connectivity index (χ0n) is 18.3. The van der Waals surface area contributed by atoms with Gasteiger partial charge in [-0.05, 0) is 42.5 Å². The summed E-state index contributed by atoms with van der Waals surface area (Å²) in [6, 6.07) is 14.0. The molecule has 1 aliphatic carbocycles. The number of carboxylic acid groups (broad SMARTS) is 1. The highest BCUT2D eigenvalue weighted by Crippen LogP contribution is 2.38. The van der Waals surface area contributed by atoms with Crippen LogP contribution in [0.25, 0.3) is 0 Å². The Morgan fingerprint density at radius 2 is 1.48 bits per heavy atom. The molecule has 0 saturated heterocycles. The number of hydrogen-bond acceptors (Lipinski definition) is 4. The Bertz CT molecular complexity index is 1110. The predicted molar refractivity (Wildman–Crippen MR) is 119 cm³/mol. The number of carbonyl (C=O) groups excluding carboxylic acids is 3. The molecule has 0 spiro atoms. The van der Waals surface area contributed by atoms with Crippen LogP contribution < -0.4 is 0 Å². The molecule has 3 atom stereocenters. The maximum atomic E-state index is 13.7. The lowest BCUT2D eigenvalue weighted by molar-refractivity contribution is -0.153. The molecule has 170 valence electrons. The molecule has 1 fully saturated rings. The van der Waals surface area contributed by atoms with Crippen molar-refractivity contribution >= 4 is 23.7 Å². The summed E-state index contributed by atoms with van der Waals surface area (Å²) in [5.41, 5.74) is 2.75. The van der Waals surface area contributed by atoms with Gasteiger partial charge >= 0.3 is 5.97 Å². The number of amides is 3. The molecule has 2 aliphatic heterocycles. The fraction of sp³-hybridized carbons (Fsp3) is 0.385. The van der Waals surface area contributed by atoms with Gasteiger partial charge in [-0.3, -0.25) is 24.1 Å². The van der Waals surface area contributed by atoms with Crippen LogP contribution in [0.4, 0.5) is 0 Å². The fourth-order valence-electron chi connectivity index (χ4n) is 5.63. The number of imide groups is 1. The highest BCUT2D eigenvalue weighted by Gasteiger charge is 2.44. The molecular weight excluding hydrogens is 420 g/mol. The van der Waals surface area contributed by atoms with E-state index in [0.29, 0.717) is 36.9 Å². The lowest BCUT2D eigenvalue weighted by Gasteiger charge is -2.42. The second-order valence-corrected chi connectivity index (χ2v) is 9.10. The third kappa shape index (κ3) is 3.61. The van der Waals surface area contributed by atoms with Crippen molar-refractivity contribution in [3.8, 4) is 0 Å². The monoisotopic (exact) mass is 446 g/mol. The first-order valence-corrected chi connectivity index (χ1v) is 11.5. The topological polar surface area (TPSA) is 95.0 Å². The second-order valence-electron chi connectivity index (χ2n) is 9.10. The number of nitrogens with zero attached hydrogens (tertiary/aromatic N) is 2. The summed E-state index contributed by atoms with van der Waals surface area (Å²) in [5.74, 6) is -3.09. The Morgan fingerprint density at radius 3 is 2.15 bits per heavy atom. The first-order valence-electron chi connectivity index (χ1n) is 11.5. The van der Waals surface area contributed by atoms with Crippen LogP contribution in [0.1, 0.15) is 63.6 Å². The van der Waals surface area contributed by atoms with Crippen molar-refractivity contribution in [2.24, 2.45) is 11.8 Å². The minimum atomic E-state index is -0.928. The molecule has 5 rings (SSSR count). The van der Waals surface area contributed by atoms with Crippen molar-refractivity contribution in [1.82, 2.24) is 9.80 Å². The van der Waals surface area contributed by atoms with Gasteiger partial charge in [-0.25, -0.2) is 0 Å². The Hall–Kier alpha value is -3.48. The Balaban J connectivity index is 1.48. The summed E-state index contributed by atoms with van der Waals surface area (Å²) in [6.07, 6.45) is 3.34. The average Bonchev–Trinajstić information content (AvgIpc) is 3.08. The van der Waals surface area contributed by atoms with Gasteiger partial charge in [0.25, 0.3) is 11.8 Å². The zero-order chi connectivity index (χ0) is 23.1. The molecule has 2 heterocycles. The maximum absolute atomic E-state index is 13.7. The van der Waals surface area contributed by atoms with E-state index in [-0.39, 0.29) is 24.3 Å². The summed E-state index contributed by atoms with van der Waals surface area (Å²) < 4.78 is 0. The largest absolute Gasteiger partial charge is 0.481 e. The molecule has 2 aromatic rings. The molecular formula is C26H26N2O5. The Morgan fingerprint density at radius 1 is 0.879 bits per heavy atom. The number of carboxylic acids is 1. The van der Waals surface area contributed by atoms with E-state index in [9.17, 15) is 24.3 Å². The van der Waals surface area contributed by atoms with E-state index in [4.69, 9.17) is 0 Å². The van der Waals surface area contributed by atoms with Crippen LogP contribution in [0.5, 0.6) is 0 Å². The van der Waals surface area contributed by atoms with Gasteiger partial charge in [-0.2, -0.15) is 0 Å². The molecule has 0 bridgehead atoms. The van der Waals surface area contributed by atoms with Crippen LogP contribution in [0.2, 0.25) is 0 Å². The highest BCUT2D eigenvalue weighted by molar-refractivity contribution is 6.21. The van der Waals surface area contributed by atoms with Gasteiger partial charge in [0.05, 0.1) is 35.5 Å². The lowest BCUT2D eigenvalue weighted by Crippen LogP contribution is -2.50. The molecule has 1 saturated carbocycles. The van der Waals surface area contributed by atoms with Gasteiger partial charge in [0.2, 0.25) is 5.91 Å². The fourth-order valence-corrected chi connectivity index (χ4v) is 5.63. The number of benzene rings is 2. The summed E-state index contributed by atoms with van der Waals surface area (Å²) in [6.45, 7) is 0.492. The lowest BCUT2D eigenvalue weighted by atomic mass is 9.77. The van der Waals surface area contributed by atoms with Gasteiger partial charge in [0.1, 0.15) is 0 Å². The molecule has 7 heteroatoms. The molecule has 3 aliphatic rings. The first-order chi connectivity index (χ1) is 16.0. The minimum absolute atomic E-state index is 0.0551. The smallest absolute Gasteiger partial charge is 0.307 e. The van der Waals surface area contributed by atoms with Crippen molar-refractivity contribution in [1.29, 1.82) is 0 Å². The van der Waals surface area contributed by atoms with E-state index in [2.05, 4.69) is 0 Å². The first kappa shape index (κ1) is 21.4. The Labute approximate surface area is 192 Å². The van der Waals surface area contributed by atoms with Crippen molar-refractivity contribution < 1.29 is 24.3 Å². The van der Waals surface area contributed by atoms with Crippen LogP contribution in [-0.4, -0.2) is 51.7 Å². The summed E-state index contributed by atoms with van der Waals surface area (Å²) in [7, 11) is 0. The van der Waals surface area contributed by atoms with Crippen molar-refractivity contribution in [2.45, 2.75) is 38.1 Å². The molecule has 1 N–H and O–H groups in total. The third-order valence-electron chi connectivity index (χ3n) is 7.33. The van der Waals surface area contributed by atoms with E-state index < -0.39 is 23.8 Å². The number of rotatable bonds is 4. The molecule has 2 unspecified atom stereocenters. The zero-order valence-corrected chi connectivity index (χ0v) is 18.3. The molecule has 7 nitrogen and oxygen atoms in total. The van der Waals surface area contributed by atoms with Crippen LogP contribution >= 0.6 is 0 Å². The third-order valence-corrected chi connectivity index (χ3v) is 7.33. The van der Waals surface area contributed by atoms with Crippen LogP contribution in [-0.2, 0) is 16.0 Å². The summed E-state index contributed by atoms with van der Waals surface area (Å²) in [5, 5.41) is 9.71. The average molecular weight is 447 g/mol. The van der Waals surface area contributed by atoms with Crippen molar-refractivity contribution in [3.63, 3.8) is 0 Å². The van der Waals surface area contributed by atoms with Gasteiger partial charge in [0.15, 0.2) is 0 Å². The molecule has 0 aromatic heterocycles. The molecule has 3 amide bonds. The van der Waals surface area contributed by atoms with E-state index >= 15 is 0 Å². The van der Waals surface area contributed by atoms with E-state index in [1.807, 2.05) is 24.3 Å². The highest BCUT2D eigenvalue weighted by atomic mass is 16.4. The number of hydrogen-bond donors (Lipinski definition) is 1. The quantitative estimate of drug-likeness (QED) is 0.727. The minimum Gasteiger partial charge on any atom is -0.481 e. The normalized spacial score (nSPS) is 24.4. The van der Waals surface area contributed by atoms with Crippen LogP contribution in [0, 0.1) is 11.8 Å². The van der Waals surface area contributed by atoms with Gasteiger partial charge in [-0.15, -0.1) is 0 Å². The standard InChI is InChI=1S/C26H26N2O5/c29-23(20-11-5-6-12-21(20)26(32)33)27-14-13-16-7-1-2-8-17(16)22(27)15-28-24(30)18-9-3-4-10-19(18)25(28)31/h1-4,7-10,20-22H,5-6,11-15H2,(H,32,33)/t20-,21?,22?/m0/s1. The van der Waals surface area contributed by atoms with E-state index in [1.54, 1.807) is 29.2 Å². The number of fused-ring (bicyclic) bond motifs is 2. The maximum Gasteiger partial charge on any atom is 0.307 e. The van der Waals surface area contributed by atoms with Crippen molar-refractivity contribution in [2.75, 3.05) is 13.1 Å². The number of aliphatic carboxylic acids is 1. The van der Waals surface area contributed by atoms with Gasteiger partial charge < -0.3 is 10.0 Å². The van der Waals surface area contributed by atoms with Gasteiger partial charge in [-0.1, -0.05) is 49.2 Å². The predicted octanol–water partition coefficient (Wildman–Crippen LogP) is 3.30. The van der Waals surface area contributed by atoms with E-state index in [1.165, 1.54) is 4.90 Å². The van der Waals surface area contributed by atoms with E-state index in [0.717, 1.165) is 24.0 Å². The van der Waals surface area contributed by atoms with Crippen molar-refractivity contribution in [3.05, 3.63) is 70.8 Å². The summed E-state index contributed by atoms with van der Waals surface area (Å²) >= 11 is 0. The van der Waals surface area contributed by atoms with Gasteiger partial charge in [0, 0.05) is 6.54 Å². The molecule has 2 aromatic carbocycles. The molecule has 33 heavy (non-hydrogen) atoms. The molecule has 0 radical (unpaired) electrons. The summed E-state index contributed by atoms with van der Waals surface area (Å²) in [4.78, 5) is 54.6. The second kappa shape index (κ2) is 8.46. The van der Waals surface area contributed by atoms with Crippen LogP contribution in [0.3, 0.4) is 0 Å². The SMILES string of the molecule is O=C(O)C1CCCC[C@@H]1C(=O)N1CCc2ccccc2C1CN1C(=O)c2ccccc2C1=O. The number of carbonyl (C=O) groups is 4. The van der Waals surface area contributed by atoms with Crippen LogP contribution in [0.15, 0.2) is 48.5 Å². The Kier molecular flexibility index (Phi) is 5.48.